The van der Waals surface area contributed by atoms with Crippen LogP contribution in [0.4, 0.5) is 0 Å². The lowest BCUT2D eigenvalue weighted by Gasteiger charge is -2.17. The summed E-state index contributed by atoms with van der Waals surface area (Å²) in [5.41, 5.74) is 3.59. The van der Waals surface area contributed by atoms with Crippen LogP contribution in [0.1, 0.15) is 36.2 Å². The van der Waals surface area contributed by atoms with Gasteiger partial charge in [-0.05, 0) is 53.9 Å². The van der Waals surface area contributed by atoms with Crippen molar-refractivity contribution in [2.45, 2.75) is 26.4 Å². The molecule has 162 valence electrons. The van der Waals surface area contributed by atoms with Crippen molar-refractivity contribution in [3.63, 3.8) is 0 Å². The zero-order chi connectivity index (χ0) is 22.4. The molecule has 31 heavy (non-hydrogen) atoms. The molecule has 0 fully saturated rings. The summed E-state index contributed by atoms with van der Waals surface area (Å²) in [6.07, 6.45) is 2.34. The zero-order valence-electron chi connectivity index (χ0n) is 17.9. The van der Waals surface area contributed by atoms with E-state index in [0.29, 0.717) is 33.4 Å². The van der Waals surface area contributed by atoms with Gasteiger partial charge in [0.25, 0.3) is 5.91 Å². The van der Waals surface area contributed by atoms with E-state index < -0.39 is 0 Å². The lowest BCUT2D eigenvalue weighted by atomic mass is 10.1. The second kappa shape index (κ2) is 10.2. The van der Waals surface area contributed by atoms with Gasteiger partial charge in [-0.3, -0.25) is 4.79 Å². The molecule has 0 spiro atoms. The van der Waals surface area contributed by atoms with Gasteiger partial charge in [0.1, 0.15) is 5.75 Å². The third kappa shape index (κ3) is 5.27. The number of methoxy groups -OCH3 is 2. The maximum absolute atomic E-state index is 12.7. The van der Waals surface area contributed by atoms with Crippen LogP contribution in [0.3, 0.4) is 0 Å². The van der Waals surface area contributed by atoms with Crippen LogP contribution < -0.4 is 19.6 Å². The van der Waals surface area contributed by atoms with Crippen LogP contribution >= 0.6 is 11.6 Å². The Morgan fingerprint density at radius 1 is 1.10 bits per heavy atom. The summed E-state index contributed by atoms with van der Waals surface area (Å²) < 4.78 is 16.6. The van der Waals surface area contributed by atoms with Crippen molar-refractivity contribution >= 4 is 34.5 Å². The normalized spacial score (nSPS) is 12.0. The van der Waals surface area contributed by atoms with Gasteiger partial charge in [-0.1, -0.05) is 42.8 Å². The summed E-state index contributed by atoms with van der Waals surface area (Å²) in [7, 11) is 3.07. The molecule has 0 aromatic heterocycles. The smallest absolute Gasteiger partial charge is 0.275 e. The molecule has 1 atom stereocenters. The van der Waals surface area contributed by atoms with Crippen molar-refractivity contribution in [3.8, 4) is 17.2 Å². The highest BCUT2D eigenvalue weighted by molar-refractivity contribution is 6.32. The number of carbonyl (C=O) groups excluding carboxylic acids is 1. The fourth-order valence-corrected chi connectivity index (χ4v) is 3.27. The lowest BCUT2D eigenvalue weighted by molar-refractivity contribution is 0.0952. The summed E-state index contributed by atoms with van der Waals surface area (Å²) >= 11 is 6.38. The first-order chi connectivity index (χ1) is 15.0. The van der Waals surface area contributed by atoms with Crippen LogP contribution in [-0.2, 0) is 0 Å². The number of benzene rings is 3. The van der Waals surface area contributed by atoms with Gasteiger partial charge >= 0.3 is 0 Å². The third-order valence-corrected chi connectivity index (χ3v) is 5.12. The highest BCUT2D eigenvalue weighted by Gasteiger charge is 2.15. The number of rotatable bonds is 8. The first-order valence-corrected chi connectivity index (χ1v) is 10.3. The molecule has 0 heterocycles. The van der Waals surface area contributed by atoms with E-state index in [1.807, 2.05) is 44.2 Å². The van der Waals surface area contributed by atoms with Crippen molar-refractivity contribution in [1.29, 1.82) is 0 Å². The molecular weight excluding hydrogens is 416 g/mol. The minimum atomic E-state index is -0.381. The third-order valence-electron chi connectivity index (χ3n) is 4.84. The SMILES string of the molecule is CC[C@H](C)Oc1c(Cl)cc(/C=N\NC(=O)c2cc3ccccc3cc2OC)cc1OC. The Balaban J connectivity index is 1.79. The first kappa shape index (κ1) is 22.4. The van der Waals surface area contributed by atoms with Crippen molar-refractivity contribution in [2.75, 3.05) is 14.2 Å². The Labute approximate surface area is 186 Å². The number of nitrogens with one attached hydrogen (secondary N) is 1. The monoisotopic (exact) mass is 440 g/mol. The topological polar surface area (TPSA) is 69.2 Å². The lowest BCUT2D eigenvalue weighted by Crippen LogP contribution is -2.18. The second-order valence-corrected chi connectivity index (χ2v) is 7.38. The summed E-state index contributed by atoms with van der Waals surface area (Å²) in [4.78, 5) is 12.7. The molecule has 7 heteroatoms. The predicted molar refractivity (Wildman–Crippen MR) is 124 cm³/mol. The molecule has 0 aliphatic carbocycles. The fraction of sp³-hybridized carbons (Fsp3) is 0.250. The number of carbonyl (C=O) groups is 1. The Morgan fingerprint density at radius 3 is 2.42 bits per heavy atom. The number of ether oxygens (including phenoxy) is 3. The fourth-order valence-electron chi connectivity index (χ4n) is 3.00. The number of hydrogen-bond acceptors (Lipinski definition) is 5. The first-order valence-electron chi connectivity index (χ1n) is 9.91. The van der Waals surface area contributed by atoms with E-state index in [1.54, 1.807) is 25.3 Å². The molecule has 0 unspecified atom stereocenters. The van der Waals surface area contributed by atoms with Crippen molar-refractivity contribution < 1.29 is 19.0 Å². The molecule has 1 N–H and O–H groups in total. The van der Waals surface area contributed by atoms with Crippen LogP contribution in [0.5, 0.6) is 17.2 Å². The predicted octanol–water partition coefficient (Wildman–Crippen LogP) is 5.45. The number of hydrogen-bond donors (Lipinski definition) is 1. The van der Waals surface area contributed by atoms with Crippen LogP contribution in [0.2, 0.25) is 5.02 Å². The highest BCUT2D eigenvalue weighted by atomic mass is 35.5. The Hall–Kier alpha value is -3.25. The molecule has 0 aliphatic heterocycles. The van der Waals surface area contributed by atoms with E-state index in [2.05, 4.69) is 10.5 Å². The largest absolute Gasteiger partial charge is 0.496 e. The second-order valence-electron chi connectivity index (χ2n) is 6.97. The maximum atomic E-state index is 12.7. The van der Waals surface area contributed by atoms with Gasteiger partial charge in [0.15, 0.2) is 11.5 Å². The average molecular weight is 441 g/mol. The van der Waals surface area contributed by atoms with Gasteiger partial charge < -0.3 is 14.2 Å². The highest BCUT2D eigenvalue weighted by Crippen LogP contribution is 2.37. The molecule has 0 radical (unpaired) electrons. The minimum absolute atomic E-state index is 0.00198. The van der Waals surface area contributed by atoms with Gasteiger partial charge in [0, 0.05) is 0 Å². The van der Waals surface area contributed by atoms with Crippen molar-refractivity contribution in [1.82, 2.24) is 5.43 Å². The van der Waals surface area contributed by atoms with E-state index in [-0.39, 0.29) is 12.0 Å². The molecule has 3 rings (SSSR count). The molecule has 1 amide bonds. The maximum Gasteiger partial charge on any atom is 0.275 e. The van der Waals surface area contributed by atoms with Crippen molar-refractivity contribution in [3.05, 3.63) is 64.7 Å². The molecule has 0 bridgehead atoms. The number of nitrogens with zero attached hydrogens (tertiary/aromatic N) is 1. The Bertz CT molecular complexity index is 1110. The van der Waals surface area contributed by atoms with Gasteiger partial charge in [0.05, 0.1) is 37.1 Å². The van der Waals surface area contributed by atoms with Gasteiger partial charge in [-0.2, -0.15) is 5.10 Å². The average Bonchev–Trinajstić information content (AvgIpc) is 2.79. The number of hydrazone groups is 1. The summed E-state index contributed by atoms with van der Waals surface area (Å²) in [6, 6.07) is 14.8. The van der Waals surface area contributed by atoms with E-state index in [9.17, 15) is 4.79 Å². The molecular formula is C24H25ClN2O4. The molecule has 0 saturated heterocycles. The van der Waals surface area contributed by atoms with E-state index in [0.717, 1.165) is 17.2 Å². The van der Waals surface area contributed by atoms with Crippen LogP contribution in [0.25, 0.3) is 10.8 Å². The van der Waals surface area contributed by atoms with Crippen molar-refractivity contribution in [2.24, 2.45) is 5.10 Å². The summed E-state index contributed by atoms with van der Waals surface area (Å²) in [5.74, 6) is 1.08. The quantitative estimate of drug-likeness (QED) is 0.373. The number of amides is 1. The van der Waals surface area contributed by atoms with Gasteiger partial charge in [-0.25, -0.2) is 5.43 Å². The number of halogens is 1. The minimum Gasteiger partial charge on any atom is -0.496 e. The Morgan fingerprint density at radius 2 is 1.77 bits per heavy atom. The molecule has 0 aliphatic rings. The van der Waals surface area contributed by atoms with E-state index in [4.69, 9.17) is 25.8 Å². The zero-order valence-corrected chi connectivity index (χ0v) is 18.7. The van der Waals surface area contributed by atoms with Gasteiger partial charge in [-0.15, -0.1) is 0 Å². The van der Waals surface area contributed by atoms with Crippen LogP contribution in [-0.4, -0.2) is 32.4 Å². The number of fused-ring (bicyclic) bond motifs is 1. The van der Waals surface area contributed by atoms with E-state index in [1.165, 1.54) is 13.3 Å². The summed E-state index contributed by atoms with van der Waals surface area (Å²) in [5, 5.41) is 6.39. The molecule has 6 nitrogen and oxygen atoms in total. The van der Waals surface area contributed by atoms with Crippen LogP contribution in [0.15, 0.2) is 53.6 Å². The standard InChI is InChI=1S/C24H25ClN2O4/c1-5-15(2)31-23-20(25)10-16(11-22(23)30-4)14-26-27-24(28)19-12-17-8-6-7-9-18(17)13-21(19)29-3/h6-15H,5H2,1-4H3,(H,27,28)/b26-14-/t15-/m0/s1. The summed E-state index contributed by atoms with van der Waals surface area (Å²) in [6.45, 7) is 3.99. The molecule has 3 aromatic carbocycles. The van der Waals surface area contributed by atoms with E-state index >= 15 is 0 Å². The molecule has 0 saturated carbocycles. The molecule has 3 aromatic rings. The van der Waals surface area contributed by atoms with Crippen LogP contribution in [0, 0.1) is 0 Å². The Kier molecular flexibility index (Phi) is 7.36. The van der Waals surface area contributed by atoms with Gasteiger partial charge in [0.2, 0.25) is 0 Å².